The smallest absolute Gasteiger partial charge is 0.312 e. The number of para-hydroxylation sites is 1. The Morgan fingerprint density at radius 3 is 2.87 bits per heavy atom. The summed E-state index contributed by atoms with van der Waals surface area (Å²) in [5.74, 6) is 0.524. The molecule has 3 heterocycles. The minimum Gasteiger partial charge on any atom is -0.489 e. The summed E-state index contributed by atoms with van der Waals surface area (Å²) >= 11 is 0. The molecule has 5 heteroatoms. The molecule has 0 amide bonds. The van der Waals surface area contributed by atoms with E-state index in [9.17, 15) is 9.59 Å². The van der Waals surface area contributed by atoms with Crippen molar-refractivity contribution < 1.29 is 14.3 Å². The number of pyridine rings is 1. The summed E-state index contributed by atoms with van der Waals surface area (Å²) in [7, 11) is 0. The van der Waals surface area contributed by atoms with Crippen LogP contribution in [-0.2, 0) is 4.79 Å². The number of nitrogens with one attached hydrogen (secondary N) is 1. The van der Waals surface area contributed by atoms with Crippen molar-refractivity contribution in [3.05, 3.63) is 63.1 Å². The number of aromatic nitrogens is 1. The fraction of sp³-hybridized carbons (Fsp3) is 0.222. The number of benzene rings is 1. The molecule has 0 saturated heterocycles. The molecule has 0 radical (unpaired) electrons. The molecule has 0 unspecified atom stereocenters. The fourth-order valence-electron chi connectivity index (χ4n) is 3.17. The number of carbonyl (C=O) groups excluding carboxylic acids is 1. The lowest BCUT2D eigenvalue weighted by Gasteiger charge is -2.28. The summed E-state index contributed by atoms with van der Waals surface area (Å²) in [6.45, 7) is 2.13. The average molecular weight is 309 g/mol. The van der Waals surface area contributed by atoms with Gasteiger partial charge in [-0.1, -0.05) is 18.2 Å². The van der Waals surface area contributed by atoms with Gasteiger partial charge in [0.2, 0.25) is 0 Å². The summed E-state index contributed by atoms with van der Waals surface area (Å²) in [6, 6.07) is 9.40. The molecule has 4 rings (SSSR count). The third-order valence-electron chi connectivity index (χ3n) is 4.21. The van der Waals surface area contributed by atoms with E-state index >= 15 is 0 Å². The third-order valence-corrected chi connectivity index (χ3v) is 4.21. The van der Waals surface area contributed by atoms with Gasteiger partial charge < -0.3 is 14.5 Å². The minimum absolute atomic E-state index is 0.149. The molecular formula is C18H15NO4. The van der Waals surface area contributed by atoms with Crippen LogP contribution in [0.1, 0.15) is 29.2 Å². The van der Waals surface area contributed by atoms with Gasteiger partial charge in [0.25, 0.3) is 5.56 Å². The van der Waals surface area contributed by atoms with E-state index in [1.807, 2.05) is 30.3 Å². The molecule has 1 N–H and O–H groups in total. The number of H-pyrrole nitrogens is 1. The molecule has 0 aliphatic carbocycles. The van der Waals surface area contributed by atoms with Crippen LogP contribution >= 0.6 is 0 Å². The number of esters is 1. The Morgan fingerprint density at radius 1 is 1.17 bits per heavy atom. The second-order valence-corrected chi connectivity index (χ2v) is 5.84. The molecule has 0 saturated carbocycles. The van der Waals surface area contributed by atoms with Crippen LogP contribution in [0.3, 0.4) is 0 Å². The van der Waals surface area contributed by atoms with Gasteiger partial charge in [0.1, 0.15) is 18.1 Å². The van der Waals surface area contributed by atoms with Crippen molar-refractivity contribution in [2.75, 3.05) is 6.61 Å². The molecule has 2 aliphatic heterocycles. The van der Waals surface area contributed by atoms with Crippen LogP contribution in [0.15, 0.2) is 40.7 Å². The molecule has 1 aromatic heterocycles. The highest BCUT2D eigenvalue weighted by Gasteiger charge is 2.33. The Kier molecular flexibility index (Phi) is 3.08. The number of carbonyl (C=O) groups is 1. The summed E-state index contributed by atoms with van der Waals surface area (Å²) in [5, 5.41) is 0. The Labute approximate surface area is 132 Å². The van der Waals surface area contributed by atoms with E-state index in [4.69, 9.17) is 9.47 Å². The lowest BCUT2D eigenvalue weighted by molar-refractivity contribution is -0.135. The van der Waals surface area contributed by atoms with E-state index in [1.54, 1.807) is 13.0 Å². The molecule has 1 atom stereocenters. The highest BCUT2D eigenvalue weighted by Crippen LogP contribution is 2.39. The van der Waals surface area contributed by atoms with Crippen molar-refractivity contribution in [3.8, 4) is 11.5 Å². The summed E-state index contributed by atoms with van der Waals surface area (Å²) in [4.78, 5) is 27.1. The van der Waals surface area contributed by atoms with Gasteiger partial charge in [0.05, 0.1) is 12.0 Å². The van der Waals surface area contributed by atoms with Crippen molar-refractivity contribution >= 4 is 12.0 Å². The maximum Gasteiger partial charge on any atom is 0.312 e. The Hall–Kier alpha value is -2.82. The van der Waals surface area contributed by atoms with Gasteiger partial charge in [-0.25, -0.2) is 0 Å². The Morgan fingerprint density at radius 2 is 2.00 bits per heavy atom. The SMILES string of the molecule is Cc1cc2c(c(=O)[nH]1)[C@@H](C1=Cc3ccccc3OC1)CC(=O)O2. The second kappa shape index (κ2) is 5.12. The molecular weight excluding hydrogens is 294 g/mol. The monoisotopic (exact) mass is 309 g/mol. The number of aromatic amines is 1. The third kappa shape index (κ3) is 2.34. The molecule has 2 aliphatic rings. The van der Waals surface area contributed by atoms with E-state index in [-0.39, 0.29) is 23.9 Å². The van der Waals surface area contributed by atoms with Gasteiger partial charge in [-0.15, -0.1) is 0 Å². The molecule has 0 spiro atoms. The predicted molar refractivity (Wildman–Crippen MR) is 84.7 cm³/mol. The topological polar surface area (TPSA) is 68.4 Å². The first-order valence-corrected chi connectivity index (χ1v) is 7.48. The van der Waals surface area contributed by atoms with Gasteiger partial charge >= 0.3 is 5.97 Å². The number of rotatable bonds is 1. The predicted octanol–water partition coefficient (Wildman–Crippen LogP) is 2.55. The van der Waals surface area contributed by atoms with Crippen molar-refractivity contribution in [2.24, 2.45) is 0 Å². The molecule has 5 nitrogen and oxygen atoms in total. The van der Waals surface area contributed by atoms with E-state index in [0.29, 0.717) is 23.6 Å². The molecule has 2 aromatic rings. The van der Waals surface area contributed by atoms with E-state index in [1.165, 1.54) is 0 Å². The lowest BCUT2D eigenvalue weighted by atomic mass is 9.85. The van der Waals surface area contributed by atoms with Crippen molar-refractivity contribution in [1.82, 2.24) is 4.98 Å². The van der Waals surface area contributed by atoms with Crippen LogP contribution in [0, 0.1) is 6.92 Å². The van der Waals surface area contributed by atoms with E-state index < -0.39 is 0 Å². The zero-order chi connectivity index (χ0) is 16.0. The average Bonchev–Trinajstić information content (AvgIpc) is 2.53. The quantitative estimate of drug-likeness (QED) is 0.822. The van der Waals surface area contributed by atoms with Crippen molar-refractivity contribution in [2.45, 2.75) is 19.3 Å². The first-order valence-electron chi connectivity index (χ1n) is 7.48. The lowest BCUT2D eigenvalue weighted by Crippen LogP contribution is -2.30. The first-order chi connectivity index (χ1) is 11.1. The zero-order valence-corrected chi connectivity index (χ0v) is 12.6. The van der Waals surface area contributed by atoms with Gasteiger partial charge in [-0.2, -0.15) is 0 Å². The molecule has 116 valence electrons. The van der Waals surface area contributed by atoms with Crippen molar-refractivity contribution in [3.63, 3.8) is 0 Å². The van der Waals surface area contributed by atoms with Gasteiger partial charge in [0.15, 0.2) is 0 Å². The standard InChI is InChI=1S/C18H15NO4/c1-10-6-15-17(18(21)19-10)13(8-16(20)23-15)12-7-11-4-2-3-5-14(11)22-9-12/h2-7,13H,8-9H2,1H3,(H,19,21)/t13-/m1/s1. The Bertz CT molecular complexity index is 894. The number of aryl methyl sites for hydroxylation is 1. The van der Waals surface area contributed by atoms with Crippen LogP contribution in [0.25, 0.3) is 6.08 Å². The number of hydrogen-bond acceptors (Lipinski definition) is 4. The zero-order valence-electron chi connectivity index (χ0n) is 12.6. The fourth-order valence-corrected chi connectivity index (χ4v) is 3.17. The highest BCUT2D eigenvalue weighted by molar-refractivity contribution is 5.78. The normalized spacial score (nSPS) is 19.1. The van der Waals surface area contributed by atoms with Crippen LogP contribution < -0.4 is 15.0 Å². The molecule has 1 aromatic carbocycles. The summed E-state index contributed by atoms with van der Waals surface area (Å²) in [5.41, 5.74) is 2.83. The number of fused-ring (bicyclic) bond motifs is 2. The van der Waals surface area contributed by atoms with Crippen LogP contribution in [0.2, 0.25) is 0 Å². The second-order valence-electron chi connectivity index (χ2n) is 5.84. The van der Waals surface area contributed by atoms with Gasteiger partial charge in [0, 0.05) is 23.2 Å². The largest absolute Gasteiger partial charge is 0.489 e. The highest BCUT2D eigenvalue weighted by atomic mass is 16.5. The number of hydrogen-bond donors (Lipinski definition) is 1. The number of ether oxygens (including phenoxy) is 2. The molecule has 0 bridgehead atoms. The maximum absolute atomic E-state index is 12.4. The van der Waals surface area contributed by atoms with Gasteiger partial charge in [-0.05, 0) is 24.6 Å². The first kappa shape index (κ1) is 13.8. The maximum atomic E-state index is 12.4. The van der Waals surface area contributed by atoms with Crippen LogP contribution in [0.5, 0.6) is 11.5 Å². The van der Waals surface area contributed by atoms with Crippen LogP contribution in [0.4, 0.5) is 0 Å². The van der Waals surface area contributed by atoms with E-state index in [0.717, 1.165) is 16.9 Å². The molecule has 0 fully saturated rings. The van der Waals surface area contributed by atoms with Crippen molar-refractivity contribution in [1.29, 1.82) is 0 Å². The summed E-state index contributed by atoms with van der Waals surface area (Å²) < 4.78 is 11.0. The van der Waals surface area contributed by atoms with Gasteiger partial charge in [-0.3, -0.25) is 9.59 Å². The Balaban J connectivity index is 1.84. The van der Waals surface area contributed by atoms with E-state index in [2.05, 4.69) is 4.98 Å². The minimum atomic E-state index is -0.327. The molecule has 23 heavy (non-hydrogen) atoms. The summed E-state index contributed by atoms with van der Waals surface area (Å²) in [6.07, 6.45) is 2.15. The van der Waals surface area contributed by atoms with Crippen LogP contribution in [-0.4, -0.2) is 17.6 Å².